The molecule has 0 amide bonds. The van der Waals surface area contributed by atoms with Crippen LogP contribution in [0.1, 0.15) is 5.82 Å². The first kappa shape index (κ1) is 16.4. The third-order valence-electron chi connectivity index (χ3n) is 3.08. The maximum Gasteiger partial charge on any atom is 0.162 e. The van der Waals surface area contributed by atoms with Crippen LogP contribution in [0, 0.1) is 5.82 Å². The second-order valence-electron chi connectivity index (χ2n) is 4.74. The minimum Gasteiger partial charge on any atom is -0.279 e. The number of halogens is 3. The number of nitrogens with one attached hydrogen (secondary N) is 1. The Labute approximate surface area is 146 Å². The Morgan fingerprint density at radius 2 is 1.92 bits per heavy atom. The standard InChI is InChI=1S/C15H11Cl2FN6/c16-13-6-5-12(9-14(13)17)24-15(21-22-23-24)7-8-19-20-11-3-1-10(18)2-4-11/h1-6,8-9,20H,7H2. The number of anilines is 1. The summed E-state index contributed by atoms with van der Waals surface area (Å²) in [5, 5.41) is 16.5. The van der Waals surface area contributed by atoms with Crippen LogP contribution in [0.15, 0.2) is 47.6 Å². The number of aromatic nitrogens is 4. The van der Waals surface area contributed by atoms with Crippen molar-refractivity contribution < 1.29 is 4.39 Å². The predicted octanol–water partition coefficient (Wildman–Crippen LogP) is 3.75. The molecule has 0 unspecified atom stereocenters. The monoisotopic (exact) mass is 364 g/mol. The van der Waals surface area contributed by atoms with E-state index in [-0.39, 0.29) is 5.82 Å². The molecule has 0 spiro atoms. The van der Waals surface area contributed by atoms with Gasteiger partial charge in [-0.3, -0.25) is 5.43 Å². The third kappa shape index (κ3) is 3.87. The summed E-state index contributed by atoms with van der Waals surface area (Å²) >= 11 is 11.9. The Bertz CT molecular complexity index is 863. The van der Waals surface area contributed by atoms with Gasteiger partial charge in [-0.1, -0.05) is 23.2 Å². The van der Waals surface area contributed by atoms with Gasteiger partial charge in [0.25, 0.3) is 0 Å². The third-order valence-corrected chi connectivity index (χ3v) is 3.82. The molecule has 1 heterocycles. The number of hydrogen-bond donors (Lipinski definition) is 1. The molecular weight excluding hydrogens is 354 g/mol. The van der Waals surface area contributed by atoms with Gasteiger partial charge in [-0.05, 0) is 52.9 Å². The Balaban J connectivity index is 1.68. The molecule has 3 rings (SSSR count). The zero-order chi connectivity index (χ0) is 16.9. The van der Waals surface area contributed by atoms with Crippen LogP contribution in [-0.2, 0) is 6.42 Å². The lowest BCUT2D eigenvalue weighted by atomic mass is 10.3. The fourth-order valence-corrected chi connectivity index (χ4v) is 2.21. The molecule has 0 aliphatic rings. The number of nitrogens with zero attached hydrogens (tertiary/aromatic N) is 5. The van der Waals surface area contributed by atoms with Crippen LogP contribution in [0.5, 0.6) is 0 Å². The van der Waals surface area contributed by atoms with E-state index in [1.165, 1.54) is 12.1 Å². The molecule has 24 heavy (non-hydrogen) atoms. The summed E-state index contributed by atoms with van der Waals surface area (Å²) in [6.45, 7) is 0. The molecule has 0 aliphatic heterocycles. The van der Waals surface area contributed by atoms with Crippen molar-refractivity contribution in [3.63, 3.8) is 0 Å². The number of tetrazole rings is 1. The van der Waals surface area contributed by atoms with E-state index in [9.17, 15) is 4.39 Å². The van der Waals surface area contributed by atoms with Gasteiger partial charge in [-0.15, -0.1) is 5.10 Å². The number of benzene rings is 2. The van der Waals surface area contributed by atoms with Crippen molar-refractivity contribution in [1.82, 2.24) is 20.2 Å². The summed E-state index contributed by atoms with van der Waals surface area (Å²) in [6.07, 6.45) is 2.00. The fraction of sp³-hybridized carbons (Fsp3) is 0.0667. The smallest absolute Gasteiger partial charge is 0.162 e. The van der Waals surface area contributed by atoms with E-state index in [1.807, 2.05) is 0 Å². The van der Waals surface area contributed by atoms with Crippen molar-refractivity contribution in [3.05, 3.63) is 64.2 Å². The summed E-state index contributed by atoms with van der Waals surface area (Å²) in [6, 6.07) is 11.0. The quantitative estimate of drug-likeness (QED) is 0.552. The summed E-state index contributed by atoms with van der Waals surface area (Å²) in [7, 11) is 0. The van der Waals surface area contributed by atoms with Gasteiger partial charge in [-0.25, -0.2) is 4.39 Å². The highest BCUT2D eigenvalue weighted by atomic mass is 35.5. The highest BCUT2D eigenvalue weighted by molar-refractivity contribution is 6.42. The Hall–Kier alpha value is -2.51. The molecule has 0 radical (unpaired) electrons. The molecule has 1 N–H and O–H groups in total. The molecule has 1 aromatic heterocycles. The minimum absolute atomic E-state index is 0.301. The molecule has 0 saturated heterocycles. The van der Waals surface area contributed by atoms with E-state index < -0.39 is 0 Å². The molecule has 0 atom stereocenters. The highest BCUT2D eigenvalue weighted by Gasteiger charge is 2.08. The van der Waals surface area contributed by atoms with Crippen molar-refractivity contribution in [2.24, 2.45) is 5.10 Å². The zero-order valence-electron chi connectivity index (χ0n) is 12.2. The first-order valence-corrected chi connectivity index (χ1v) is 7.65. The van der Waals surface area contributed by atoms with Crippen LogP contribution in [0.4, 0.5) is 10.1 Å². The van der Waals surface area contributed by atoms with E-state index in [4.69, 9.17) is 23.2 Å². The molecule has 122 valence electrons. The van der Waals surface area contributed by atoms with Gasteiger partial charge in [0, 0.05) is 12.6 Å². The molecule has 2 aromatic carbocycles. The molecule has 0 bridgehead atoms. The van der Waals surface area contributed by atoms with Gasteiger partial charge >= 0.3 is 0 Å². The highest BCUT2D eigenvalue weighted by Crippen LogP contribution is 2.24. The van der Waals surface area contributed by atoms with Crippen LogP contribution in [-0.4, -0.2) is 26.4 Å². The normalized spacial score (nSPS) is 11.1. The molecule has 3 aromatic rings. The first-order chi connectivity index (χ1) is 11.6. The van der Waals surface area contributed by atoms with Crippen LogP contribution < -0.4 is 5.43 Å². The average molecular weight is 365 g/mol. The van der Waals surface area contributed by atoms with E-state index in [0.29, 0.717) is 33.7 Å². The van der Waals surface area contributed by atoms with Crippen molar-refractivity contribution in [2.45, 2.75) is 6.42 Å². The number of hydrogen-bond acceptors (Lipinski definition) is 5. The lowest BCUT2D eigenvalue weighted by Gasteiger charge is -2.04. The summed E-state index contributed by atoms with van der Waals surface area (Å²) < 4.78 is 14.4. The van der Waals surface area contributed by atoms with Gasteiger partial charge < -0.3 is 0 Å². The fourth-order valence-electron chi connectivity index (χ4n) is 1.92. The molecule has 6 nitrogen and oxygen atoms in total. The minimum atomic E-state index is -0.301. The second-order valence-corrected chi connectivity index (χ2v) is 5.55. The Morgan fingerprint density at radius 1 is 1.12 bits per heavy atom. The second kappa shape index (κ2) is 7.37. The maximum absolute atomic E-state index is 12.8. The summed E-state index contributed by atoms with van der Waals surface area (Å²) in [5.74, 6) is 0.281. The molecule has 9 heteroatoms. The SMILES string of the molecule is Fc1ccc(NN=CCc2nnnn2-c2ccc(Cl)c(Cl)c2)cc1. The van der Waals surface area contributed by atoms with Crippen molar-refractivity contribution in [3.8, 4) is 5.69 Å². The van der Waals surface area contributed by atoms with Gasteiger partial charge in [0.1, 0.15) is 5.82 Å². The van der Waals surface area contributed by atoms with E-state index >= 15 is 0 Å². The summed E-state index contributed by atoms with van der Waals surface area (Å²) in [4.78, 5) is 0. The molecule has 0 fully saturated rings. The van der Waals surface area contributed by atoms with Crippen molar-refractivity contribution in [2.75, 3.05) is 5.43 Å². The van der Waals surface area contributed by atoms with E-state index in [2.05, 4.69) is 26.1 Å². The first-order valence-electron chi connectivity index (χ1n) is 6.89. The number of hydrazone groups is 1. The lowest BCUT2D eigenvalue weighted by Crippen LogP contribution is -2.04. The van der Waals surface area contributed by atoms with Gasteiger partial charge in [0.05, 0.1) is 21.4 Å². The number of rotatable bonds is 5. The van der Waals surface area contributed by atoms with E-state index in [0.717, 1.165) is 0 Å². The zero-order valence-corrected chi connectivity index (χ0v) is 13.7. The molecule has 0 aliphatic carbocycles. The Morgan fingerprint density at radius 3 is 2.67 bits per heavy atom. The average Bonchev–Trinajstić information content (AvgIpc) is 3.04. The largest absolute Gasteiger partial charge is 0.279 e. The summed E-state index contributed by atoms with van der Waals surface area (Å²) in [5.41, 5.74) is 4.17. The van der Waals surface area contributed by atoms with Crippen LogP contribution >= 0.6 is 23.2 Å². The molecule has 0 saturated carbocycles. The molecular formula is C15H11Cl2FN6. The van der Waals surface area contributed by atoms with Gasteiger partial charge in [0.2, 0.25) is 0 Å². The van der Waals surface area contributed by atoms with Crippen LogP contribution in [0.25, 0.3) is 5.69 Å². The van der Waals surface area contributed by atoms with Crippen molar-refractivity contribution in [1.29, 1.82) is 0 Å². The maximum atomic E-state index is 12.8. The van der Waals surface area contributed by atoms with Gasteiger partial charge in [-0.2, -0.15) is 9.78 Å². The lowest BCUT2D eigenvalue weighted by molar-refractivity contribution is 0.628. The van der Waals surface area contributed by atoms with Crippen molar-refractivity contribution >= 4 is 35.1 Å². The van der Waals surface area contributed by atoms with E-state index in [1.54, 1.807) is 41.2 Å². The van der Waals surface area contributed by atoms with Crippen LogP contribution in [0.2, 0.25) is 10.0 Å². The Kier molecular flexibility index (Phi) is 5.02. The predicted molar refractivity (Wildman–Crippen MR) is 91.4 cm³/mol. The topological polar surface area (TPSA) is 68.0 Å². The van der Waals surface area contributed by atoms with Crippen LogP contribution in [0.3, 0.4) is 0 Å². The van der Waals surface area contributed by atoms with Gasteiger partial charge in [0.15, 0.2) is 5.82 Å².